The zero-order valence-corrected chi connectivity index (χ0v) is 11.7. The molecular weight excluding hydrogens is 274 g/mol. The second-order valence-corrected chi connectivity index (χ2v) is 5.43. The number of nitriles is 2. The van der Waals surface area contributed by atoms with Gasteiger partial charge in [-0.05, 0) is 18.9 Å². The van der Waals surface area contributed by atoms with Crippen molar-refractivity contribution >= 4 is 23.5 Å². The SMILES string of the molecule is N#Cc1cc(C#N)c(SCC(=O)N2CCCC2)[nH+]c1N. The molecule has 0 atom stereocenters. The summed E-state index contributed by atoms with van der Waals surface area (Å²) in [6, 6.07) is 5.36. The number of hydrogen-bond acceptors (Lipinski definition) is 5. The second-order valence-electron chi connectivity index (χ2n) is 4.44. The molecule has 102 valence electrons. The number of nitrogens with zero attached hydrogens (tertiary/aromatic N) is 3. The lowest BCUT2D eigenvalue weighted by Gasteiger charge is -2.14. The standard InChI is InChI=1S/C13H13N5OS/c14-6-9-5-10(7-15)13(17-12(9)16)20-8-11(19)18-3-1-2-4-18/h5H,1-4,8H2,(H2,16,17)/p+1. The van der Waals surface area contributed by atoms with Gasteiger partial charge in [-0.25, -0.2) is 4.98 Å². The maximum Gasteiger partial charge on any atom is 0.289 e. The van der Waals surface area contributed by atoms with Crippen molar-refractivity contribution in [2.45, 2.75) is 17.9 Å². The van der Waals surface area contributed by atoms with Crippen LogP contribution in [-0.4, -0.2) is 29.6 Å². The fourth-order valence-corrected chi connectivity index (χ4v) is 2.92. The Hall–Kier alpha value is -2.25. The third-order valence-corrected chi connectivity index (χ3v) is 4.11. The van der Waals surface area contributed by atoms with Crippen LogP contribution in [-0.2, 0) is 4.79 Å². The fraction of sp³-hybridized carbons (Fsp3) is 0.385. The Labute approximate surface area is 121 Å². The highest BCUT2D eigenvalue weighted by Gasteiger charge is 2.20. The van der Waals surface area contributed by atoms with Crippen LogP contribution < -0.4 is 10.7 Å². The molecule has 0 radical (unpaired) electrons. The molecule has 6 nitrogen and oxygen atoms in total. The Morgan fingerprint density at radius 2 is 2.00 bits per heavy atom. The molecule has 0 unspecified atom stereocenters. The lowest BCUT2D eigenvalue weighted by Crippen LogP contribution is -2.29. The predicted molar refractivity (Wildman–Crippen MR) is 73.4 cm³/mol. The highest BCUT2D eigenvalue weighted by atomic mass is 32.2. The van der Waals surface area contributed by atoms with E-state index in [1.54, 1.807) is 0 Å². The van der Waals surface area contributed by atoms with Crippen molar-refractivity contribution in [1.82, 2.24) is 4.90 Å². The summed E-state index contributed by atoms with van der Waals surface area (Å²) in [4.78, 5) is 16.6. The zero-order valence-electron chi connectivity index (χ0n) is 10.8. The van der Waals surface area contributed by atoms with Crippen LogP contribution in [0, 0.1) is 22.7 Å². The van der Waals surface area contributed by atoms with Crippen LogP contribution in [0.25, 0.3) is 0 Å². The molecule has 1 aliphatic heterocycles. The van der Waals surface area contributed by atoms with Crippen LogP contribution in [0.15, 0.2) is 11.1 Å². The van der Waals surface area contributed by atoms with Crippen molar-refractivity contribution in [3.63, 3.8) is 0 Å². The first-order chi connectivity index (χ1) is 9.65. The summed E-state index contributed by atoms with van der Waals surface area (Å²) < 4.78 is 0. The molecule has 2 rings (SSSR count). The number of thioether (sulfide) groups is 1. The van der Waals surface area contributed by atoms with E-state index in [0.717, 1.165) is 25.9 Å². The number of H-pyrrole nitrogens is 1. The number of carbonyl (C=O) groups is 1. The van der Waals surface area contributed by atoms with Gasteiger partial charge in [0.15, 0.2) is 5.03 Å². The van der Waals surface area contributed by atoms with E-state index in [2.05, 4.69) is 4.98 Å². The molecule has 0 aliphatic carbocycles. The van der Waals surface area contributed by atoms with Crippen LogP contribution in [0.3, 0.4) is 0 Å². The topological polar surface area (TPSA) is 108 Å². The van der Waals surface area contributed by atoms with Crippen LogP contribution in [0.2, 0.25) is 0 Å². The van der Waals surface area contributed by atoms with Gasteiger partial charge in [0.05, 0.1) is 5.75 Å². The molecule has 1 saturated heterocycles. The van der Waals surface area contributed by atoms with E-state index in [4.69, 9.17) is 16.3 Å². The van der Waals surface area contributed by atoms with E-state index in [9.17, 15) is 4.79 Å². The number of nitrogens with one attached hydrogen (secondary N) is 1. The molecule has 1 amide bonds. The molecule has 20 heavy (non-hydrogen) atoms. The summed E-state index contributed by atoms with van der Waals surface area (Å²) in [5.74, 6) is 0.534. The Morgan fingerprint density at radius 1 is 1.35 bits per heavy atom. The third kappa shape index (κ3) is 3.01. The van der Waals surface area contributed by atoms with Crippen molar-refractivity contribution in [2.24, 2.45) is 0 Å². The molecular formula is C13H14N5OS+. The number of likely N-dealkylation sites (tertiary alicyclic amines) is 1. The maximum atomic E-state index is 12.0. The predicted octanol–water partition coefficient (Wildman–Crippen LogP) is 0.541. The summed E-state index contributed by atoms with van der Waals surface area (Å²) >= 11 is 1.24. The summed E-state index contributed by atoms with van der Waals surface area (Å²) in [5, 5.41) is 18.5. The van der Waals surface area contributed by atoms with Gasteiger partial charge >= 0.3 is 0 Å². The van der Waals surface area contributed by atoms with Gasteiger partial charge in [-0.15, -0.1) is 0 Å². The summed E-state index contributed by atoms with van der Waals surface area (Å²) in [6.45, 7) is 1.62. The first-order valence-corrected chi connectivity index (χ1v) is 7.21. The van der Waals surface area contributed by atoms with E-state index in [0.29, 0.717) is 10.6 Å². The number of aromatic nitrogens is 1. The van der Waals surface area contributed by atoms with Crippen LogP contribution in [0.4, 0.5) is 5.82 Å². The monoisotopic (exact) mass is 288 g/mol. The summed E-state index contributed by atoms with van der Waals surface area (Å²) in [5.41, 5.74) is 6.25. The van der Waals surface area contributed by atoms with E-state index in [1.165, 1.54) is 17.8 Å². The zero-order chi connectivity index (χ0) is 14.5. The number of anilines is 1. The van der Waals surface area contributed by atoms with Crippen molar-refractivity contribution in [3.05, 3.63) is 17.2 Å². The van der Waals surface area contributed by atoms with Crippen molar-refractivity contribution in [2.75, 3.05) is 24.6 Å². The molecule has 0 bridgehead atoms. The molecule has 3 N–H and O–H groups in total. The molecule has 1 fully saturated rings. The molecule has 0 aromatic carbocycles. The summed E-state index contributed by atoms with van der Waals surface area (Å²) in [7, 11) is 0. The first-order valence-electron chi connectivity index (χ1n) is 6.22. The summed E-state index contributed by atoms with van der Waals surface area (Å²) in [6.07, 6.45) is 2.10. The lowest BCUT2D eigenvalue weighted by molar-refractivity contribution is -0.410. The fourth-order valence-electron chi connectivity index (χ4n) is 2.03. The second kappa shape index (κ2) is 6.27. The number of rotatable bonds is 3. The number of pyridine rings is 1. The number of hydrogen-bond donors (Lipinski definition) is 1. The van der Waals surface area contributed by atoms with Gasteiger partial charge in [0.2, 0.25) is 5.91 Å². The van der Waals surface area contributed by atoms with E-state index in [1.807, 2.05) is 17.0 Å². The lowest BCUT2D eigenvalue weighted by atomic mass is 10.2. The van der Waals surface area contributed by atoms with Crippen LogP contribution in [0.5, 0.6) is 0 Å². The molecule has 0 saturated carbocycles. The quantitative estimate of drug-likeness (QED) is 0.817. The average Bonchev–Trinajstić information content (AvgIpc) is 2.99. The van der Waals surface area contributed by atoms with Gasteiger partial charge < -0.3 is 4.90 Å². The number of amides is 1. The highest BCUT2D eigenvalue weighted by molar-refractivity contribution is 7.99. The smallest absolute Gasteiger partial charge is 0.289 e. The van der Waals surface area contributed by atoms with E-state index < -0.39 is 0 Å². The molecule has 0 spiro atoms. The van der Waals surface area contributed by atoms with Gasteiger partial charge in [-0.2, -0.15) is 10.5 Å². The van der Waals surface area contributed by atoms with Crippen LogP contribution in [0.1, 0.15) is 24.0 Å². The minimum atomic E-state index is 0.0627. The first kappa shape index (κ1) is 14.2. The maximum absolute atomic E-state index is 12.0. The number of nitrogens with two attached hydrogens (primary N) is 1. The number of aromatic amines is 1. The largest absolute Gasteiger partial charge is 0.342 e. The third-order valence-electron chi connectivity index (χ3n) is 3.11. The van der Waals surface area contributed by atoms with Gasteiger partial charge in [0.1, 0.15) is 23.3 Å². The minimum Gasteiger partial charge on any atom is -0.342 e. The van der Waals surface area contributed by atoms with Gasteiger partial charge in [-0.3, -0.25) is 10.5 Å². The molecule has 1 aliphatic rings. The molecule has 7 heteroatoms. The highest BCUT2D eigenvalue weighted by Crippen LogP contribution is 2.21. The molecule has 2 heterocycles. The number of nitrogen functional groups attached to an aromatic ring is 1. The Morgan fingerprint density at radius 3 is 2.60 bits per heavy atom. The van der Waals surface area contributed by atoms with Crippen molar-refractivity contribution in [3.8, 4) is 12.1 Å². The molecule has 1 aromatic rings. The van der Waals surface area contributed by atoms with Gasteiger partial charge in [0, 0.05) is 13.1 Å². The van der Waals surface area contributed by atoms with Gasteiger partial charge in [0.25, 0.3) is 5.82 Å². The molecule has 1 aromatic heterocycles. The van der Waals surface area contributed by atoms with Crippen molar-refractivity contribution in [1.29, 1.82) is 10.5 Å². The average molecular weight is 288 g/mol. The van der Waals surface area contributed by atoms with Crippen molar-refractivity contribution < 1.29 is 9.78 Å². The van der Waals surface area contributed by atoms with Gasteiger partial charge in [-0.1, -0.05) is 11.8 Å². The van der Waals surface area contributed by atoms with E-state index in [-0.39, 0.29) is 23.0 Å². The Kier molecular flexibility index (Phi) is 4.44. The van der Waals surface area contributed by atoms with E-state index >= 15 is 0 Å². The Bertz CT molecular complexity index is 610. The Balaban J connectivity index is 2.09. The normalized spacial score (nSPS) is 13.8. The number of carbonyl (C=O) groups excluding carboxylic acids is 1. The van der Waals surface area contributed by atoms with Crippen LogP contribution >= 0.6 is 11.8 Å². The minimum absolute atomic E-state index is 0.0627.